The van der Waals surface area contributed by atoms with Crippen LogP contribution in [0.2, 0.25) is 0 Å². The van der Waals surface area contributed by atoms with Crippen LogP contribution in [0, 0.1) is 11.3 Å². The summed E-state index contributed by atoms with van der Waals surface area (Å²) in [5, 5.41) is 11.6. The lowest BCUT2D eigenvalue weighted by Gasteiger charge is -2.25. The quantitative estimate of drug-likeness (QED) is 0.565. The molecule has 26 heavy (non-hydrogen) atoms. The van der Waals surface area contributed by atoms with Crippen molar-refractivity contribution < 1.29 is 0 Å². The summed E-state index contributed by atoms with van der Waals surface area (Å²) in [6.45, 7) is 6.74. The number of rotatable bonds is 3. The minimum absolute atomic E-state index is 0.422. The van der Waals surface area contributed by atoms with E-state index in [1.165, 1.54) is 76.3 Å². The van der Waals surface area contributed by atoms with Gasteiger partial charge in [0.2, 0.25) is 0 Å². The van der Waals surface area contributed by atoms with Gasteiger partial charge < -0.3 is 5.41 Å². The maximum absolute atomic E-state index is 9.14. The monoisotopic (exact) mass is 343 g/mol. The summed E-state index contributed by atoms with van der Waals surface area (Å²) >= 11 is 0. The Kier molecular flexibility index (Phi) is 4.56. The van der Waals surface area contributed by atoms with Crippen molar-refractivity contribution in [2.75, 3.05) is 0 Å². The molecule has 0 atom stereocenters. The highest BCUT2D eigenvalue weighted by atomic mass is 14.5. The molecular formula is C25H29N. The van der Waals surface area contributed by atoms with Crippen LogP contribution in [0.15, 0.2) is 53.1 Å². The molecule has 2 aromatic rings. The standard InChI is InChI=1S/C25H29N/c1-16-15-23(18(3)17(16)2)22-14-13-19-9-7-8-12-21(19)24(22)25(26)20-10-5-4-6-11-20/h7-9,12-14,20,26H,4-6,10-11,15H2,1-3H3. The molecule has 0 unspecified atom stereocenters. The van der Waals surface area contributed by atoms with Gasteiger partial charge in [-0.05, 0) is 73.1 Å². The Bertz CT molecular complexity index is 936. The summed E-state index contributed by atoms with van der Waals surface area (Å²) in [6, 6.07) is 13.1. The van der Waals surface area contributed by atoms with Gasteiger partial charge in [-0.1, -0.05) is 61.2 Å². The Hall–Kier alpha value is -2.15. The van der Waals surface area contributed by atoms with Crippen LogP contribution in [0.25, 0.3) is 16.3 Å². The number of nitrogens with one attached hydrogen (secondary N) is 1. The van der Waals surface area contributed by atoms with Crippen molar-refractivity contribution in [3.63, 3.8) is 0 Å². The number of hydrogen-bond donors (Lipinski definition) is 1. The summed E-state index contributed by atoms with van der Waals surface area (Å²) in [5.74, 6) is 0.422. The highest BCUT2D eigenvalue weighted by Crippen LogP contribution is 2.41. The van der Waals surface area contributed by atoms with Crippen LogP contribution in [-0.2, 0) is 0 Å². The maximum atomic E-state index is 9.14. The van der Waals surface area contributed by atoms with Crippen LogP contribution in [0.1, 0.15) is 70.4 Å². The second kappa shape index (κ2) is 6.87. The van der Waals surface area contributed by atoms with E-state index in [2.05, 4.69) is 57.2 Å². The second-order valence-electron chi connectivity index (χ2n) is 8.14. The summed E-state index contributed by atoms with van der Waals surface area (Å²) in [5.41, 5.74) is 9.12. The predicted octanol–water partition coefficient (Wildman–Crippen LogP) is 7.30. The summed E-state index contributed by atoms with van der Waals surface area (Å²) in [4.78, 5) is 0. The fourth-order valence-electron chi connectivity index (χ4n) is 4.78. The summed E-state index contributed by atoms with van der Waals surface area (Å²) in [7, 11) is 0. The van der Waals surface area contributed by atoms with Gasteiger partial charge in [-0.15, -0.1) is 0 Å². The van der Waals surface area contributed by atoms with E-state index < -0.39 is 0 Å². The normalized spacial score (nSPS) is 18.9. The lowest BCUT2D eigenvalue weighted by Crippen LogP contribution is -2.19. The molecule has 134 valence electrons. The molecule has 0 heterocycles. The lowest BCUT2D eigenvalue weighted by atomic mass is 9.79. The molecule has 0 amide bonds. The summed E-state index contributed by atoms with van der Waals surface area (Å²) in [6.07, 6.45) is 7.26. The number of benzene rings is 2. The lowest BCUT2D eigenvalue weighted by molar-refractivity contribution is 0.439. The molecular weight excluding hydrogens is 314 g/mol. The molecule has 1 N–H and O–H groups in total. The van der Waals surface area contributed by atoms with Crippen LogP contribution in [0.3, 0.4) is 0 Å². The first-order valence-corrected chi connectivity index (χ1v) is 10.1. The third-order valence-electron chi connectivity index (χ3n) is 6.63. The molecule has 1 saturated carbocycles. The smallest absolute Gasteiger partial charge is 0.0429 e. The molecule has 0 spiro atoms. The van der Waals surface area contributed by atoms with Crippen molar-refractivity contribution in [3.05, 3.63) is 64.2 Å². The van der Waals surface area contributed by atoms with Gasteiger partial charge in [-0.25, -0.2) is 0 Å². The molecule has 0 bridgehead atoms. The van der Waals surface area contributed by atoms with E-state index in [4.69, 9.17) is 5.41 Å². The Morgan fingerprint density at radius 1 is 0.885 bits per heavy atom. The average molecular weight is 344 g/mol. The number of allylic oxidation sites excluding steroid dienone is 4. The van der Waals surface area contributed by atoms with Gasteiger partial charge in [0.25, 0.3) is 0 Å². The predicted molar refractivity (Wildman–Crippen MR) is 113 cm³/mol. The van der Waals surface area contributed by atoms with Crippen LogP contribution in [0.5, 0.6) is 0 Å². The zero-order valence-corrected chi connectivity index (χ0v) is 16.3. The van der Waals surface area contributed by atoms with Crippen LogP contribution >= 0.6 is 0 Å². The molecule has 2 aliphatic carbocycles. The Labute approximate surface area is 157 Å². The minimum Gasteiger partial charge on any atom is -0.304 e. The largest absolute Gasteiger partial charge is 0.304 e. The molecule has 2 aromatic carbocycles. The van der Waals surface area contributed by atoms with Crippen molar-refractivity contribution in [2.45, 2.75) is 59.3 Å². The first-order chi connectivity index (χ1) is 12.6. The Balaban J connectivity index is 1.90. The van der Waals surface area contributed by atoms with E-state index in [0.29, 0.717) is 5.92 Å². The number of hydrogen-bond acceptors (Lipinski definition) is 1. The second-order valence-corrected chi connectivity index (χ2v) is 8.14. The SMILES string of the molecule is CC1=C(C)C(C)=C(c2ccc3ccccc3c2C(=N)C2CCCCC2)C1. The van der Waals surface area contributed by atoms with E-state index in [1.807, 2.05) is 0 Å². The first-order valence-electron chi connectivity index (χ1n) is 10.1. The molecule has 2 aliphatic rings. The van der Waals surface area contributed by atoms with Crippen molar-refractivity contribution in [1.29, 1.82) is 5.41 Å². The van der Waals surface area contributed by atoms with Gasteiger partial charge in [0, 0.05) is 17.2 Å². The van der Waals surface area contributed by atoms with Crippen molar-refractivity contribution in [1.82, 2.24) is 0 Å². The highest BCUT2D eigenvalue weighted by molar-refractivity contribution is 6.14. The van der Waals surface area contributed by atoms with E-state index in [0.717, 1.165) is 12.1 Å². The third-order valence-corrected chi connectivity index (χ3v) is 6.63. The van der Waals surface area contributed by atoms with Crippen LogP contribution in [-0.4, -0.2) is 5.71 Å². The van der Waals surface area contributed by atoms with E-state index in [-0.39, 0.29) is 0 Å². The fraction of sp³-hybridized carbons (Fsp3) is 0.400. The molecule has 1 fully saturated rings. The molecule has 1 heteroatoms. The molecule has 0 saturated heterocycles. The van der Waals surface area contributed by atoms with Crippen LogP contribution < -0.4 is 0 Å². The molecule has 1 nitrogen and oxygen atoms in total. The van der Waals surface area contributed by atoms with Gasteiger partial charge in [0.1, 0.15) is 0 Å². The molecule has 0 aliphatic heterocycles. The van der Waals surface area contributed by atoms with E-state index >= 15 is 0 Å². The molecule has 4 rings (SSSR count). The van der Waals surface area contributed by atoms with Gasteiger partial charge in [0.05, 0.1) is 0 Å². The van der Waals surface area contributed by atoms with Crippen molar-refractivity contribution >= 4 is 22.1 Å². The van der Waals surface area contributed by atoms with E-state index in [1.54, 1.807) is 0 Å². The average Bonchev–Trinajstić information content (AvgIpc) is 2.94. The minimum atomic E-state index is 0.422. The van der Waals surface area contributed by atoms with Gasteiger partial charge in [-0.3, -0.25) is 0 Å². The van der Waals surface area contributed by atoms with Crippen LogP contribution in [0.4, 0.5) is 0 Å². The fourth-order valence-corrected chi connectivity index (χ4v) is 4.78. The van der Waals surface area contributed by atoms with E-state index in [9.17, 15) is 0 Å². The van der Waals surface area contributed by atoms with Gasteiger partial charge in [0.15, 0.2) is 0 Å². The summed E-state index contributed by atoms with van der Waals surface area (Å²) < 4.78 is 0. The maximum Gasteiger partial charge on any atom is 0.0429 e. The van der Waals surface area contributed by atoms with Crippen molar-refractivity contribution in [3.8, 4) is 0 Å². The first kappa shape index (κ1) is 17.3. The number of fused-ring (bicyclic) bond motifs is 1. The topological polar surface area (TPSA) is 23.9 Å². The van der Waals surface area contributed by atoms with Gasteiger partial charge >= 0.3 is 0 Å². The highest BCUT2D eigenvalue weighted by Gasteiger charge is 2.26. The zero-order valence-electron chi connectivity index (χ0n) is 16.3. The molecule has 0 radical (unpaired) electrons. The zero-order chi connectivity index (χ0) is 18.3. The van der Waals surface area contributed by atoms with Gasteiger partial charge in [-0.2, -0.15) is 0 Å². The molecule has 0 aromatic heterocycles. The third kappa shape index (κ3) is 2.84. The Morgan fingerprint density at radius 3 is 2.31 bits per heavy atom. The Morgan fingerprint density at radius 2 is 1.62 bits per heavy atom. The van der Waals surface area contributed by atoms with Crippen molar-refractivity contribution in [2.24, 2.45) is 5.92 Å².